The molecule has 4 aromatic heterocycles. The summed E-state index contributed by atoms with van der Waals surface area (Å²) in [5.74, 6) is 2.64. The van der Waals surface area contributed by atoms with Crippen LogP contribution in [0.4, 0.5) is 34.1 Å². The maximum absolute atomic E-state index is 7.52. The van der Waals surface area contributed by atoms with Crippen LogP contribution in [-0.2, 0) is 5.41 Å². The number of anilines is 6. The van der Waals surface area contributed by atoms with E-state index in [2.05, 4.69) is 243 Å². The molecule has 5 aliphatic rings. The Morgan fingerprint density at radius 1 is 0.393 bits per heavy atom. The van der Waals surface area contributed by atoms with Gasteiger partial charge in [0.05, 0.1) is 38.6 Å². The summed E-state index contributed by atoms with van der Waals surface area (Å²) in [4.78, 5) is 4.97. The van der Waals surface area contributed by atoms with Crippen molar-refractivity contribution in [2.24, 2.45) is 23.7 Å². The lowest BCUT2D eigenvalue weighted by Crippen LogP contribution is -2.55. The zero-order valence-electron chi connectivity index (χ0n) is 48.3. The highest BCUT2D eigenvalue weighted by atomic mass is 32.1. The number of thiophene rings is 1. The molecule has 84 heavy (non-hydrogen) atoms. The molecular weight excluding hydrogens is 1080 g/mol. The number of furan rings is 3. The van der Waals surface area contributed by atoms with Crippen molar-refractivity contribution in [2.45, 2.75) is 76.8 Å². The molecule has 10 aromatic carbocycles. The first-order valence-electron chi connectivity index (χ1n) is 30.5. The lowest BCUT2D eigenvalue weighted by molar-refractivity contribution is -0.0398. The van der Waals surface area contributed by atoms with Crippen LogP contribution < -0.4 is 20.2 Å². The predicted octanol–water partition coefficient (Wildman–Crippen LogP) is 21.5. The topological polar surface area (TPSA) is 45.9 Å². The Labute approximate surface area is 494 Å². The van der Waals surface area contributed by atoms with Gasteiger partial charge in [0.1, 0.15) is 22.3 Å². The van der Waals surface area contributed by atoms with Crippen LogP contribution in [0.2, 0.25) is 39.3 Å². The standard InChI is InChI=1S/C76H64N2O3SSi2/c1-83(2,3)51-30-25-48(26-31-51)77(63-20-13-18-56-53-15-7-10-22-66(53)79-73(56)63)50-29-34-55-59-41-61-60(42-70(59)82-69(55)40-50)71-62(76(61)46-36-44-35-45(38-46)39-47(76)37-44)43-65(72-58-17-9-12-24-68(58)81-75(71)72)78(49-27-32-52(33-28-49)84(4,5)6)64-21-14-19-57-54-16-8-11-23-67(54)80-74(57)64/h7-34,40-47H,35-39H2,1-6H3. The molecule has 0 aliphatic heterocycles. The number of para-hydroxylation sites is 5. The number of nitrogens with zero attached hydrogens (tertiary/aromatic N) is 2. The minimum Gasteiger partial charge on any atom is -0.455 e. The van der Waals surface area contributed by atoms with Crippen LogP contribution in [0.15, 0.2) is 207 Å². The monoisotopic (exact) mass is 1140 g/mol. The minimum atomic E-state index is -1.62. The third-order valence-electron chi connectivity index (χ3n) is 20.5. The summed E-state index contributed by atoms with van der Waals surface area (Å²) in [5.41, 5.74) is 17.6. The molecule has 0 saturated heterocycles. The maximum atomic E-state index is 7.52. The van der Waals surface area contributed by atoms with Crippen LogP contribution in [0.5, 0.6) is 0 Å². The average molecular weight is 1140 g/mol. The second-order valence-corrected chi connectivity index (χ2v) is 38.5. The van der Waals surface area contributed by atoms with E-state index in [9.17, 15) is 0 Å². The highest BCUT2D eigenvalue weighted by Gasteiger charge is 2.62. The van der Waals surface area contributed by atoms with Crippen LogP contribution in [0.3, 0.4) is 0 Å². The van der Waals surface area contributed by atoms with E-state index in [0.717, 1.165) is 112 Å². The summed E-state index contributed by atoms with van der Waals surface area (Å²) in [6.45, 7) is 14.6. The molecule has 410 valence electrons. The van der Waals surface area contributed by atoms with Gasteiger partial charge in [0.15, 0.2) is 11.2 Å². The number of fused-ring (bicyclic) bond motifs is 16. The number of rotatable bonds is 8. The summed E-state index contributed by atoms with van der Waals surface area (Å²) in [6.07, 6.45) is 6.49. The number of benzene rings is 10. The molecule has 19 rings (SSSR count). The summed E-state index contributed by atoms with van der Waals surface area (Å²) >= 11 is 1.93. The molecule has 0 atom stereocenters. The molecule has 0 radical (unpaired) electrons. The molecule has 4 heterocycles. The van der Waals surface area contributed by atoms with Gasteiger partial charge in [0.25, 0.3) is 0 Å². The number of hydrogen-bond donors (Lipinski definition) is 0. The first-order chi connectivity index (χ1) is 40.8. The van der Waals surface area contributed by atoms with Crippen molar-refractivity contribution in [3.05, 3.63) is 205 Å². The Kier molecular flexibility index (Phi) is 10.3. The van der Waals surface area contributed by atoms with E-state index >= 15 is 0 Å². The van der Waals surface area contributed by atoms with Gasteiger partial charge in [-0.05, 0) is 157 Å². The second kappa shape index (κ2) is 17.5. The third kappa shape index (κ3) is 6.93. The lowest BCUT2D eigenvalue weighted by Gasteiger charge is -2.61. The molecular formula is C76H64N2O3SSi2. The van der Waals surface area contributed by atoms with Gasteiger partial charge in [0.2, 0.25) is 0 Å². The van der Waals surface area contributed by atoms with E-state index in [1.807, 2.05) is 11.3 Å². The van der Waals surface area contributed by atoms with E-state index in [4.69, 9.17) is 13.3 Å². The van der Waals surface area contributed by atoms with Gasteiger partial charge in [-0.1, -0.05) is 159 Å². The highest BCUT2D eigenvalue weighted by Crippen LogP contribution is 2.71. The number of hydrogen-bond acceptors (Lipinski definition) is 6. The maximum Gasteiger partial charge on any atom is 0.159 e. The quantitative estimate of drug-likeness (QED) is 0.142. The molecule has 0 N–H and O–H groups in total. The van der Waals surface area contributed by atoms with Gasteiger partial charge in [0, 0.05) is 75.1 Å². The van der Waals surface area contributed by atoms with Crippen molar-refractivity contribution in [1.82, 2.24) is 0 Å². The van der Waals surface area contributed by atoms with Crippen molar-refractivity contribution in [2.75, 3.05) is 9.80 Å². The molecule has 4 fully saturated rings. The second-order valence-electron chi connectivity index (χ2n) is 27.2. The van der Waals surface area contributed by atoms with Crippen LogP contribution in [-0.4, -0.2) is 16.1 Å². The summed E-state index contributed by atoms with van der Waals surface area (Å²) in [7, 11) is -3.18. The third-order valence-corrected chi connectivity index (χ3v) is 25.8. The molecule has 5 aliphatic carbocycles. The Balaban J connectivity index is 0.884. The molecule has 14 aromatic rings. The zero-order valence-corrected chi connectivity index (χ0v) is 51.2. The van der Waals surface area contributed by atoms with Crippen molar-refractivity contribution < 1.29 is 13.3 Å². The average Bonchev–Trinajstić information content (AvgIpc) is 1.48. The van der Waals surface area contributed by atoms with Crippen LogP contribution in [0.1, 0.15) is 43.2 Å². The van der Waals surface area contributed by atoms with Crippen molar-refractivity contribution in [3.63, 3.8) is 0 Å². The fraction of sp³-hybridized carbons (Fsp3) is 0.211. The van der Waals surface area contributed by atoms with Gasteiger partial charge < -0.3 is 23.1 Å². The van der Waals surface area contributed by atoms with Crippen LogP contribution >= 0.6 is 11.3 Å². The van der Waals surface area contributed by atoms with Crippen molar-refractivity contribution >= 4 is 158 Å². The van der Waals surface area contributed by atoms with Crippen molar-refractivity contribution in [1.29, 1.82) is 0 Å². The van der Waals surface area contributed by atoms with Gasteiger partial charge in [-0.3, -0.25) is 0 Å². The normalized spacial score (nSPS) is 20.1. The largest absolute Gasteiger partial charge is 0.455 e. The van der Waals surface area contributed by atoms with Gasteiger partial charge in [-0.15, -0.1) is 11.3 Å². The lowest BCUT2D eigenvalue weighted by atomic mass is 9.43. The summed E-state index contributed by atoms with van der Waals surface area (Å²) in [5, 5.41) is 12.4. The van der Waals surface area contributed by atoms with E-state index in [1.165, 1.54) is 84.9 Å². The fourth-order valence-electron chi connectivity index (χ4n) is 17.0. The van der Waals surface area contributed by atoms with Gasteiger partial charge >= 0.3 is 0 Å². The molecule has 0 amide bonds. The van der Waals surface area contributed by atoms with Crippen molar-refractivity contribution in [3.8, 4) is 11.1 Å². The van der Waals surface area contributed by atoms with Crippen LogP contribution in [0, 0.1) is 23.7 Å². The fourth-order valence-corrected chi connectivity index (χ4v) is 20.5. The highest BCUT2D eigenvalue weighted by molar-refractivity contribution is 7.25. The van der Waals surface area contributed by atoms with Crippen LogP contribution in [0.25, 0.3) is 97.1 Å². The van der Waals surface area contributed by atoms with Gasteiger partial charge in [-0.2, -0.15) is 0 Å². The van der Waals surface area contributed by atoms with E-state index in [1.54, 1.807) is 0 Å². The van der Waals surface area contributed by atoms with E-state index < -0.39 is 16.1 Å². The SMILES string of the molecule is C[Si](C)(C)c1ccc(N(c2ccc3c(c2)sc2cc4c(cc23)C2(c3cc(N(c5ccc([Si](C)(C)C)cc5)c5cccc6c5oc5ccccc56)c5c(oc6ccccc65)c3-4)C3CC4CC(C3)CC2C4)c2cccc3c2oc2ccccc23)cc1. The molecule has 0 unspecified atom stereocenters. The molecule has 5 nitrogen and oxygen atoms in total. The predicted molar refractivity (Wildman–Crippen MR) is 360 cm³/mol. The molecule has 8 heteroatoms. The Hall–Kier alpha value is -8.15. The molecule has 4 bridgehead atoms. The summed E-state index contributed by atoms with van der Waals surface area (Å²) in [6, 6.07) is 73.2. The minimum absolute atomic E-state index is 0.175. The van der Waals surface area contributed by atoms with E-state index in [-0.39, 0.29) is 5.41 Å². The first kappa shape index (κ1) is 49.3. The van der Waals surface area contributed by atoms with E-state index in [0.29, 0.717) is 11.8 Å². The molecule has 4 saturated carbocycles. The zero-order chi connectivity index (χ0) is 56.1. The smallest absolute Gasteiger partial charge is 0.159 e. The first-order valence-corrected chi connectivity index (χ1v) is 38.3. The molecule has 1 spiro atoms. The van der Waals surface area contributed by atoms with Gasteiger partial charge in [-0.25, -0.2) is 0 Å². The Morgan fingerprint density at radius 2 is 0.881 bits per heavy atom. The Bertz CT molecular complexity index is 5060. The Morgan fingerprint density at radius 3 is 1.46 bits per heavy atom. The summed E-state index contributed by atoms with van der Waals surface area (Å²) < 4.78 is 23.9.